The highest BCUT2D eigenvalue weighted by atomic mass is 19.1. The van der Waals surface area contributed by atoms with Gasteiger partial charge in [-0.1, -0.05) is 0 Å². The van der Waals surface area contributed by atoms with E-state index in [-0.39, 0.29) is 12.2 Å². The van der Waals surface area contributed by atoms with Crippen molar-refractivity contribution < 1.29 is 19.0 Å². The number of rotatable bonds is 1. The zero-order valence-corrected chi connectivity index (χ0v) is 5.26. The van der Waals surface area contributed by atoms with Crippen LogP contribution in [0.3, 0.4) is 0 Å². The van der Waals surface area contributed by atoms with Crippen LogP contribution in [0.4, 0.5) is 4.39 Å². The van der Waals surface area contributed by atoms with Gasteiger partial charge in [-0.15, -0.1) is 0 Å². The van der Waals surface area contributed by atoms with E-state index in [2.05, 4.69) is 0 Å². The molecule has 1 aliphatic rings. The van der Waals surface area contributed by atoms with Crippen LogP contribution in [0.1, 0.15) is 6.42 Å². The molecule has 1 aliphatic heterocycles. The molecule has 0 bridgehead atoms. The first-order chi connectivity index (χ1) is 4.72. The van der Waals surface area contributed by atoms with Crippen molar-refractivity contribution in [3.05, 3.63) is 11.4 Å². The van der Waals surface area contributed by atoms with E-state index in [1.165, 1.54) is 0 Å². The number of aliphatic carboxylic acids is 1. The highest BCUT2D eigenvalue weighted by Crippen LogP contribution is 2.16. The molecule has 0 aromatic rings. The summed E-state index contributed by atoms with van der Waals surface area (Å²) in [5.41, 5.74) is 0.257. The molecule has 0 saturated carbocycles. The molecule has 1 fully saturated rings. The number of hydrogen-bond acceptors (Lipinski definition) is 2. The Morgan fingerprint density at radius 2 is 2.40 bits per heavy atom. The first kappa shape index (κ1) is 7.21. The van der Waals surface area contributed by atoms with Crippen molar-refractivity contribution in [3.63, 3.8) is 0 Å². The molecule has 4 heteroatoms. The second kappa shape index (κ2) is 2.79. The molecule has 1 N–H and O–H groups in total. The molecule has 0 aromatic heterocycles. The summed E-state index contributed by atoms with van der Waals surface area (Å²) in [5.74, 6) is -2.56. The van der Waals surface area contributed by atoms with Crippen molar-refractivity contribution in [2.45, 2.75) is 6.42 Å². The molecule has 0 unspecified atom stereocenters. The number of hydrogen-bond donors (Lipinski definition) is 1. The van der Waals surface area contributed by atoms with Crippen molar-refractivity contribution >= 4 is 5.97 Å². The van der Waals surface area contributed by atoms with E-state index in [0.717, 1.165) is 0 Å². The normalized spacial score (nSPS) is 22.9. The Labute approximate surface area is 57.1 Å². The van der Waals surface area contributed by atoms with Crippen LogP contribution >= 0.6 is 0 Å². The van der Waals surface area contributed by atoms with Crippen molar-refractivity contribution in [1.82, 2.24) is 0 Å². The average molecular weight is 146 g/mol. The van der Waals surface area contributed by atoms with Crippen molar-refractivity contribution in [1.29, 1.82) is 0 Å². The van der Waals surface area contributed by atoms with E-state index in [4.69, 9.17) is 9.84 Å². The molecule has 1 heterocycles. The zero-order chi connectivity index (χ0) is 7.56. The maximum absolute atomic E-state index is 12.4. The Bertz CT molecular complexity index is 177. The monoisotopic (exact) mass is 146 g/mol. The van der Waals surface area contributed by atoms with Crippen LogP contribution < -0.4 is 0 Å². The molecule has 0 aliphatic carbocycles. The quantitative estimate of drug-likeness (QED) is 0.554. The Balaban J connectivity index is 2.73. The fourth-order valence-electron chi connectivity index (χ4n) is 0.787. The van der Waals surface area contributed by atoms with Gasteiger partial charge in [0.05, 0.1) is 13.2 Å². The molecule has 3 nitrogen and oxygen atoms in total. The van der Waals surface area contributed by atoms with Crippen LogP contribution in [0.25, 0.3) is 0 Å². The van der Waals surface area contributed by atoms with E-state index in [9.17, 15) is 9.18 Å². The van der Waals surface area contributed by atoms with Gasteiger partial charge >= 0.3 is 5.97 Å². The second-order valence-corrected chi connectivity index (χ2v) is 2.03. The number of carboxylic acids is 1. The van der Waals surface area contributed by atoms with Crippen molar-refractivity contribution in [3.8, 4) is 0 Å². The van der Waals surface area contributed by atoms with Crippen LogP contribution in [0, 0.1) is 0 Å². The van der Waals surface area contributed by atoms with Gasteiger partial charge in [-0.25, -0.2) is 4.79 Å². The van der Waals surface area contributed by atoms with E-state index in [1.54, 1.807) is 0 Å². The lowest BCUT2D eigenvalue weighted by atomic mass is 10.2. The number of halogens is 1. The Morgan fingerprint density at radius 3 is 2.80 bits per heavy atom. The summed E-state index contributed by atoms with van der Waals surface area (Å²) in [4.78, 5) is 10.00. The zero-order valence-electron chi connectivity index (χ0n) is 5.26. The lowest BCUT2D eigenvalue weighted by Gasteiger charge is -1.92. The minimum absolute atomic E-state index is 0.123. The van der Waals surface area contributed by atoms with Gasteiger partial charge in [0.15, 0.2) is 0 Å². The molecular weight excluding hydrogens is 139 g/mol. The van der Waals surface area contributed by atoms with Gasteiger partial charge in [0.25, 0.3) is 0 Å². The maximum Gasteiger partial charge on any atom is 0.364 e. The second-order valence-electron chi connectivity index (χ2n) is 2.03. The smallest absolute Gasteiger partial charge is 0.364 e. The lowest BCUT2D eigenvalue weighted by molar-refractivity contribution is -0.134. The van der Waals surface area contributed by atoms with Gasteiger partial charge < -0.3 is 9.84 Å². The number of carboxylic acid groups (broad SMARTS) is 1. The van der Waals surface area contributed by atoms with E-state index >= 15 is 0 Å². The maximum atomic E-state index is 12.4. The number of ether oxygens (including phenoxy) is 1. The minimum Gasteiger partial charge on any atom is -0.476 e. The van der Waals surface area contributed by atoms with Gasteiger partial charge in [-0.2, -0.15) is 4.39 Å². The topological polar surface area (TPSA) is 46.5 Å². The van der Waals surface area contributed by atoms with Crippen LogP contribution in [-0.2, 0) is 9.53 Å². The molecule has 1 rings (SSSR count). The highest BCUT2D eigenvalue weighted by Gasteiger charge is 2.17. The predicted octanol–water partition coefficient (Wildman–Crippen LogP) is 0.715. The summed E-state index contributed by atoms with van der Waals surface area (Å²) in [5, 5.41) is 8.15. The standard InChI is InChI=1S/C6H7FO3/c7-5(6(8)9)4-1-2-10-3-4/h1-3H2,(H,8,9). The molecule has 0 radical (unpaired) electrons. The van der Waals surface area contributed by atoms with Crippen LogP contribution in [0.15, 0.2) is 11.4 Å². The molecule has 1 saturated heterocycles. The van der Waals surface area contributed by atoms with Gasteiger partial charge in [-0.05, 0) is 6.42 Å². The fraction of sp³-hybridized carbons (Fsp3) is 0.500. The first-order valence-corrected chi connectivity index (χ1v) is 2.90. The summed E-state index contributed by atoms with van der Waals surface area (Å²) < 4.78 is 17.2. The van der Waals surface area contributed by atoms with Crippen molar-refractivity contribution in [2.75, 3.05) is 13.2 Å². The third kappa shape index (κ3) is 1.33. The molecule has 0 atom stereocenters. The Morgan fingerprint density at radius 1 is 1.70 bits per heavy atom. The molecular formula is C6H7FO3. The molecule has 56 valence electrons. The SMILES string of the molecule is O=C(O)C(F)=C1CCOC1. The summed E-state index contributed by atoms with van der Waals surface area (Å²) in [6, 6.07) is 0. The van der Waals surface area contributed by atoms with Crippen molar-refractivity contribution in [2.24, 2.45) is 0 Å². The Kier molecular flexibility index (Phi) is 2.01. The summed E-state index contributed by atoms with van der Waals surface area (Å²) >= 11 is 0. The number of carbonyl (C=O) groups is 1. The lowest BCUT2D eigenvalue weighted by Crippen LogP contribution is -1.99. The van der Waals surface area contributed by atoms with E-state index in [1.807, 2.05) is 0 Å². The highest BCUT2D eigenvalue weighted by molar-refractivity contribution is 5.85. The van der Waals surface area contributed by atoms with E-state index in [0.29, 0.717) is 13.0 Å². The summed E-state index contributed by atoms with van der Waals surface area (Å²) in [7, 11) is 0. The van der Waals surface area contributed by atoms with Crippen LogP contribution in [0.2, 0.25) is 0 Å². The van der Waals surface area contributed by atoms with Gasteiger partial charge in [0, 0.05) is 5.57 Å². The summed E-state index contributed by atoms with van der Waals surface area (Å²) in [6.45, 7) is 0.550. The molecule has 0 aromatic carbocycles. The minimum atomic E-state index is -1.50. The largest absolute Gasteiger partial charge is 0.476 e. The first-order valence-electron chi connectivity index (χ1n) is 2.90. The van der Waals surface area contributed by atoms with E-state index < -0.39 is 11.8 Å². The molecule has 0 spiro atoms. The van der Waals surface area contributed by atoms with Gasteiger partial charge in [0.1, 0.15) is 0 Å². The average Bonchev–Trinajstić information content (AvgIpc) is 2.36. The molecule has 0 amide bonds. The fourth-order valence-corrected chi connectivity index (χ4v) is 0.787. The van der Waals surface area contributed by atoms with Gasteiger partial charge in [0.2, 0.25) is 5.83 Å². The van der Waals surface area contributed by atoms with Crippen LogP contribution in [-0.4, -0.2) is 24.3 Å². The molecule has 10 heavy (non-hydrogen) atoms. The predicted molar refractivity (Wildman–Crippen MR) is 31.2 cm³/mol. The third-order valence-electron chi connectivity index (χ3n) is 1.32. The third-order valence-corrected chi connectivity index (χ3v) is 1.32. The van der Waals surface area contributed by atoms with Crippen LogP contribution in [0.5, 0.6) is 0 Å². The Hall–Kier alpha value is -0.900. The van der Waals surface area contributed by atoms with Gasteiger partial charge in [-0.3, -0.25) is 0 Å². The summed E-state index contributed by atoms with van der Waals surface area (Å²) in [6.07, 6.45) is 0.401.